The van der Waals surface area contributed by atoms with Crippen molar-refractivity contribution in [2.75, 3.05) is 0 Å². The van der Waals surface area contributed by atoms with Crippen LogP contribution in [-0.2, 0) is 0 Å². The van der Waals surface area contributed by atoms with Crippen molar-refractivity contribution in [2.24, 2.45) is 5.10 Å². The van der Waals surface area contributed by atoms with Gasteiger partial charge < -0.3 is 4.42 Å². The van der Waals surface area contributed by atoms with Crippen LogP contribution in [0.1, 0.15) is 27.2 Å². The summed E-state index contributed by atoms with van der Waals surface area (Å²) >= 11 is 0. The molecule has 0 atom stereocenters. The van der Waals surface area contributed by atoms with E-state index in [1.54, 1.807) is 43.3 Å². The van der Waals surface area contributed by atoms with Crippen molar-refractivity contribution in [3.8, 4) is 11.3 Å². The highest BCUT2D eigenvalue weighted by Gasteiger charge is 2.18. The van der Waals surface area contributed by atoms with E-state index in [1.807, 2.05) is 19.1 Å². The van der Waals surface area contributed by atoms with Gasteiger partial charge in [0, 0.05) is 11.6 Å². The lowest BCUT2D eigenvalue weighted by Gasteiger charge is -2.02. The summed E-state index contributed by atoms with van der Waals surface area (Å²) in [6.07, 6.45) is 1.35. The third kappa shape index (κ3) is 4.09. The molecule has 7 heteroatoms. The summed E-state index contributed by atoms with van der Waals surface area (Å²) in [5.74, 6) is 0.392. The molecule has 0 saturated carbocycles. The summed E-state index contributed by atoms with van der Waals surface area (Å²) in [7, 11) is 0. The lowest BCUT2D eigenvalue weighted by atomic mass is 10.1. The molecule has 27 heavy (non-hydrogen) atoms. The zero-order valence-electron chi connectivity index (χ0n) is 14.8. The fourth-order valence-corrected chi connectivity index (χ4v) is 2.61. The predicted molar refractivity (Wildman–Crippen MR) is 102 cm³/mol. The topological polar surface area (TPSA) is 97.7 Å². The molecular weight excluding hydrogens is 346 g/mol. The van der Waals surface area contributed by atoms with E-state index < -0.39 is 4.92 Å². The van der Waals surface area contributed by atoms with E-state index in [4.69, 9.17) is 4.42 Å². The predicted octanol–water partition coefficient (Wildman–Crippen LogP) is 4.24. The van der Waals surface area contributed by atoms with Crippen molar-refractivity contribution in [3.63, 3.8) is 0 Å². The lowest BCUT2D eigenvalue weighted by molar-refractivity contribution is -0.384. The van der Waals surface area contributed by atoms with E-state index in [0.717, 1.165) is 11.1 Å². The van der Waals surface area contributed by atoms with Gasteiger partial charge in [0.15, 0.2) is 0 Å². The van der Waals surface area contributed by atoms with Crippen LogP contribution < -0.4 is 5.43 Å². The average Bonchev–Trinajstić information content (AvgIpc) is 3.10. The zero-order chi connectivity index (χ0) is 19.4. The Labute approximate surface area is 155 Å². The summed E-state index contributed by atoms with van der Waals surface area (Å²) in [5, 5.41) is 15.1. The van der Waals surface area contributed by atoms with E-state index in [2.05, 4.69) is 10.5 Å². The molecule has 0 spiro atoms. The summed E-state index contributed by atoms with van der Waals surface area (Å²) in [6, 6.07) is 15.4. The molecule has 0 aliphatic heterocycles. The molecule has 7 nitrogen and oxygen atoms in total. The van der Waals surface area contributed by atoms with Gasteiger partial charge in [0.1, 0.15) is 11.5 Å². The Hall–Kier alpha value is -3.74. The number of aryl methyl sites for hydroxylation is 2. The quantitative estimate of drug-likeness (QED) is 0.416. The van der Waals surface area contributed by atoms with Crippen LogP contribution in [0.3, 0.4) is 0 Å². The number of hydrazone groups is 1. The second-order valence-electron chi connectivity index (χ2n) is 5.99. The first-order valence-electron chi connectivity index (χ1n) is 8.20. The number of hydrogen-bond acceptors (Lipinski definition) is 5. The third-order valence-corrected chi connectivity index (χ3v) is 3.99. The molecule has 0 radical (unpaired) electrons. The molecule has 136 valence electrons. The minimum absolute atomic E-state index is 0.0271. The van der Waals surface area contributed by atoms with Crippen LogP contribution >= 0.6 is 0 Å². The molecule has 1 N–H and O–H groups in total. The van der Waals surface area contributed by atoms with Crippen molar-refractivity contribution in [1.82, 2.24) is 5.43 Å². The number of furan rings is 1. The molecule has 0 aliphatic rings. The summed E-state index contributed by atoms with van der Waals surface area (Å²) in [5.41, 5.74) is 4.96. The van der Waals surface area contributed by atoms with Crippen LogP contribution in [0.2, 0.25) is 0 Å². The van der Waals surface area contributed by atoms with Crippen molar-refractivity contribution in [2.45, 2.75) is 13.8 Å². The smallest absolute Gasteiger partial charge is 0.280 e. The SMILES string of the molecule is Cc1ccc(-c2ccc(/C=N/NC(=O)c3ccccc3C)o2)c([N+](=O)[O-])c1. The van der Waals surface area contributed by atoms with Gasteiger partial charge in [0.2, 0.25) is 0 Å². The van der Waals surface area contributed by atoms with Crippen LogP contribution in [0.25, 0.3) is 11.3 Å². The highest BCUT2D eigenvalue weighted by Crippen LogP contribution is 2.31. The maximum atomic E-state index is 12.1. The Balaban J connectivity index is 1.75. The molecular formula is C20H17N3O4. The number of carbonyl (C=O) groups is 1. The molecule has 2 aromatic carbocycles. The van der Waals surface area contributed by atoms with E-state index in [1.165, 1.54) is 12.3 Å². The third-order valence-electron chi connectivity index (χ3n) is 3.99. The van der Waals surface area contributed by atoms with Crippen LogP contribution in [-0.4, -0.2) is 17.0 Å². The Morgan fingerprint density at radius 3 is 2.67 bits per heavy atom. The number of benzene rings is 2. The summed E-state index contributed by atoms with van der Waals surface area (Å²) in [6.45, 7) is 3.63. The molecule has 0 fully saturated rings. The van der Waals surface area contributed by atoms with Gasteiger partial charge >= 0.3 is 0 Å². The fraction of sp³-hybridized carbons (Fsp3) is 0.100. The average molecular weight is 363 g/mol. The number of nitrogens with zero attached hydrogens (tertiary/aromatic N) is 2. The fourth-order valence-electron chi connectivity index (χ4n) is 2.61. The molecule has 0 unspecified atom stereocenters. The van der Waals surface area contributed by atoms with Gasteiger partial charge in [-0.15, -0.1) is 0 Å². The van der Waals surface area contributed by atoms with E-state index >= 15 is 0 Å². The van der Waals surface area contributed by atoms with Gasteiger partial charge in [-0.3, -0.25) is 14.9 Å². The maximum Gasteiger partial charge on any atom is 0.280 e. The number of amides is 1. The van der Waals surface area contributed by atoms with Gasteiger partial charge in [0.25, 0.3) is 11.6 Å². The molecule has 0 saturated heterocycles. The van der Waals surface area contributed by atoms with Gasteiger partial charge in [-0.05, 0) is 49.2 Å². The van der Waals surface area contributed by atoms with Gasteiger partial charge in [-0.1, -0.05) is 24.3 Å². The number of rotatable bonds is 5. The Bertz CT molecular complexity index is 1040. The number of nitro groups is 1. The number of nitro benzene ring substituents is 1. The Morgan fingerprint density at radius 2 is 1.93 bits per heavy atom. The lowest BCUT2D eigenvalue weighted by Crippen LogP contribution is -2.18. The van der Waals surface area contributed by atoms with Crippen molar-refractivity contribution in [1.29, 1.82) is 0 Å². The summed E-state index contributed by atoms with van der Waals surface area (Å²) < 4.78 is 5.61. The summed E-state index contributed by atoms with van der Waals surface area (Å²) in [4.78, 5) is 22.9. The first kappa shape index (κ1) is 18.1. The van der Waals surface area contributed by atoms with Gasteiger partial charge in [-0.2, -0.15) is 5.10 Å². The first-order valence-corrected chi connectivity index (χ1v) is 8.20. The molecule has 0 bridgehead atoms. The number of carbonyl (C=O) groups excluding carboxylic acids is 1. The van der Waals surface area contributed by atoms with E-state index in [-0.39, 0.29) is 11.6 Å². The second-order valence-corrected chi connectivity index (χ2v) is 5.99. The standard InChI is InChI=1S/C20H17N3O4/c1-13-7-9-17(18(11-13)23(25)26)19-10-8-15(27-19)12-21-22-20(24)16-6-4-3-5-14(16)2/h3-12H,1-2H3,(H,22,24)/b21-12+. The van der Waals surface area contributed by atoms with E-state index in [0.29, 0.717) is 22.6 Å². The Morgan fingerprint density at radius 1 is 1.15 bits per heavy atom. The molecule has 1 heterocycles. The van der Waals surface area contributed by atoms with E-state index in [9.17, 15) is 14.9 Å². The van der Waals surface area contributed by atoms with Crippen LogP contribution in [0.4, 0.5) is 5.69 Å². The molecule has 3 rings (SSSR count). The van der Waals surface area contributed by atoms with Crippen molar-refractivity contribution >= 4 is 17.8 Å². The monoisotopic (exact) mass is 363 g/mol. The van der Waals surface area contributed by atoms with Crippen LogP contribution in [0.15, 0.2) is 64.1 Å². The van der Waals surface area contributed by atoms with Gasteiger partial charge in [-0.25, -0.2) is 5.43 Å². The molecule has 0 aliphatic carbocycles. The van der Waals surface area contributed by atoms with Crippen molar-refractivity contribution < 1.29 is 14.1 Å². The normalized spacial score (nSPS) is 10.9. The van der Waals surface area contributed by atoms with Crippen molar-refractivity contribution in [3.05, 3.63) is 87.2 Å². The molecule has 3 aromatic rings. The Kier molecular flexibility index (Phi) is 5.12. The van der Waals surface area contributed by atoms with Crippen LogP contribution in [0, 0.1) is 24.0 Å². The minimum Gasteiger partial charge on any atom is -0.455 e. The highest BCUT2D eigenvalue weighted by atomic mass is 16.6. The van der Waals surface area contributed by atoms with Crippen LogP contribution in [0.5, 0.6) is 0 Å². The number of hydrogen-bond donors (Lipinski definition) is 1. The number of nitrogens with one attached hydrogen (secondary N) is 1. The molecule has 1 aromatic heterocycles. The molecule has 1 amide bonds. The maximum absolute atomic E-state index is 12.1. The zero-order valence-corrected chi connectivity index (χ0v) is 14.8. The van der Waals surface area contributed by atoms with Gasteiger partial charge in [0.05, 0.1) is 16.7 Å². The first-order chi connectivity index (χ1) is 13.0. The highest BCUT2D eigenvalue weighted by molar-refractivity contribution is 5.96. The largest absolute Gasteiger partial charge is 0.455 e. The second kappa shape index (κ2) is 7.65. The minimum atomic E-state index is -0.443.